The highest BCUT2D eigenvalue weighted by molar-refractivity contribution is 8.00. The van der Waals surface area contributed by atoms with Gasteiger partial charge in [0, 0.05) is 22.2 Å². The Hall–Kier alpha value is -2.80. The molecule has 0 spiro atoms. The summed E-state index contributed by atoms with van der Waals surface area (Å²) in [6.07, 6.45) is 5.38. The van der Waals surface area contributed by atoms with Crippen molar-refractivity contribution in [2.45, 2.75) is 43.9 Å². The van der Waals surface area contributed by atoms with Crippen molar-refractivity contribution in [3.63, 3.8) is 0 Å². The van der Waals surface area contributed by atoms with Gasteiger partial charge in [-0.15, -0.1) is 11.8 Å². The van der Waals surface area contributed by atoms with Gasteiger partial charge >= 0.3 is 5.97 Å². The molecule has 0 aliphatic heterocycles. The van der Waals surface area contributed by atoms with E-state index in [2.05, 4.69) is 10.6 Å². The van der Waals surface area contributed by atoms with Crippen LogP contribution in [0.1, 0.15) is 48.0 Å². The maximum absolute atomic E-state index is 12.3. The second kappa shape index (κ2) is 10.3. The van der Waals surface area contributed by atoms with Gasteiger partial charge in [-0.05, 0) is 61.7 Å². The number of benzene rings is 2. The zero-order valence-electron chi connectivity index (χ0n) is 16.9. The average Bonchev–Trinajstić information content (AvgIpc) is 2.75. The normalized spacial score (nSPS) is 14.2. The van der Waals surface area contributed by atoms with Gasteiger partial charge in [0.1, 0.15) is 0 Å². The Morgan fingerprint density at radius 1 is 1.00 bits per heavy atom. The first-order valence-corrected chi connectivity index (χ1v) is 11.1. The fourth-order valence-electron chi connectivity index (χ4n) is 3.47. The number of carbonyl (C=O) groups is 3. The number of carbonyl (C=O) groups excluding carboxylic acids is 2. The lowest BCUT2D eigenvalue weighted by Gasteiger charge is -2.20. The lowest BCUT2D eigenvalue weighted by molar-refractivity contribution is -0.120. The number of rotatable bonds is 7. The zero-order chi connectivity index (χ0) is 21.5. The van der Waals surface area contributed by atoms with E-state index in [4.69, 9.17) is 5.11 Å². The number of anilines is 2. The number of amides is 2. The minimum Gasteiger partial charge on any atom is -0.478 e. The molecular weight excluding hydrogens is 400 g/mol. The molecule has 3 N–H and O–H groups in total. The predicted molar refractivity (Wildman–Crippen MR) is 119 cm³/mol. The summed E-state index contributed by atoms with van der Waals surface area (Å²) in [6, 6.07) is 12.1. The molecule has 0 bridgehead atoms. The Labute approximate surface area is 180 Å². The minimum atomic E-state index is -1.03. The fraction of sp³-hybridized carbons (Fsp3) is 0.348. The monoisotopic (exact) mass is 426 g/mol. The van der Waals surface area contributed by atoms with Crippen LogP contribution in [0.5, 0.6) is 0 Å². The third-order valence-electron chi connectivity index (χ3n) is 5.23. The molecule has 1 aliphatic carbocycles. The van der Waals surface area contributed by atoms with E-state index in [1.807, 2.05) is 31.2 Å². The summed E-state index contributed by atoms with van der Waals surface area (Å²) >= 11 is 1.38. The summed E-state index contributed by atoms with van der Waals surface area (Å²) in [5.41, 5.74) is 2.20. The van der Waals surface area contributed by atoms with Crippen LogP contribution in [0.4, 0.5) is 11.4 Å². The quantitative estimate of drug-likeness (QED) is 0.545. The van der Waals surface area contributed by atoms with Crippen LogP contribution in [0, 0.1) is 12.8 Å². The summed E-state index contributed by atoms with van der Waals surface area (Å²) < 4.78 is 0. The summed E-state index contributed by atoms with van der Waals surface area (Å²) in [4.78, 5) is 36.6. The lowest BCUT2D eigenvalue weighted by Crippen LogP contribution is -2.24. The molecule has 1 aliphatic rings. The molecule has 1 fully saturated rings. The van der Waals surface area contributed by atoms with Crippen LogP contribution in [0.15, 0.2) is 47.4 Å². The summed E-state index contributed by atoms with van der Waals surface area (Å²) in [5, 5.41) is 14.8. The Balaban J connectivity index is 1.50. The van der Waals surface area contributed by atoms with Crippen molar-refractivity contribution < 1.29 is 19.5 Å². The predicted octanol–water partition coefficient (Wildman–Crippen LogP) is 4.94. The van der Waals surface area contributed by atoms with Gasteiger partial charge in [-0.1, -0.05) is 25.3 Å². The molecule has 2 aromatic rings. The Morgan fingerprint density at radius 2 is 1.70 bits per heavy atom. The molecule has 0 aromatic heterocycles. The van der Waals surface area contributed by atoms with Crippen LogP contribution in [-0.4, -0.2) is 28.6 Å². The average molecular weight is 427 g/mol. The Kier molecular flexibility index (Phi) is 7.52. The number of aryl methyl sites for hydroxylation is 1. The highest BCUT2D eigenvalue weighted by Crippen LogP contribution is 2.26. The molecule has 0 heterocycles. The lowest BCUT2D eigenvalue weighted by atomic mass is 9.88. The van der Waals surface area contributed by atoms with Crippen molar-refractivity contribution >= 4 is 40.9 Å². The van der Waals surface area contributed by atoms with Crippen LogP contribution in [-0.2, 0) is 9.59 Å². The molecule has 6 nitrogen and oxygen atoms in total. The van der Waals surface area contributed by atoms with Crippen molar-refractivity contribution in [3.05, 3.63) is 53.6 Å². The molecule has 7 heteroatoms. The van der Waals surface area contributed by atoms with E-state index in [9.17, 15) is 14.4 Å². The number of carboxylic acids is 1. The molecule has 0 atom stereocenters. The maximum Gasteiger partial charge on any atom is 0.335 e. The number of aromatic carboxylic acids is 1. The summed E-state index contributed by atoms with van der Waals surface area (Å²) in [7, 11) is 0. The van der Waals surface area contributed by atoms with E-state index < -0.39 is 5.97 Å². The van der Waals surface area contributed by atoms with Gasteiger partial charge in [-0.2, -0.15) is 0 Å². The molecule has 0 saturated heterocycles. The van der Waals surface area contributed by atoms with Gasteiger partial charge in [0.2, 0.25) is 11.8 Å². The minimum absolute atomic E-state index is 0.0911. The van der Waals surface area contributed by atoms with Crippen molar-refractivity contribution in [3.8, 4) is 0 Å². The van der Waals surface area contributed by atoms with E-state index >= 15 is 0 Å². The largest absolute Gasteiger partial charge is 0.478 e. The smallest absolute Gasteiger partial charge is 0.335 e. The fourth-order valence-corrected chi connectivity index (χ4v) is 4.17. The Morgan fingerprint density at radius 3 is 2.37 bits per heavy atom. The van der Waals surface area contributed by atoms with Crippen LogP contribution in [0.2, 0.25) is 0 Å². The van der Waals surface area contributed by atoms with Crippen LogP contribution in [0.25, 0.3) is 0 Å². The van der Waals surface area contributed by atoms with E-state index in [0.717, 1.165) is 41.8 Å². The number of hydrogen-bond acceptors (Lipinski definition) is 4. The summed E-state index contributed by atoms with van der Waals surface area (Å²) in [6.45, 7) is 1.81. The molecule has 2 amide bonds. The molecule has 3 rings (SSSR count). The third-order valence-corrected chi connectivity index (χ3v) is 6.24. The highest BCUT2D eigenvalue weighted by Gasteiger charge is 2.21. The molecule has 0 unspecified atom stereocenters. The van der Waals surface area contributed by atoms with Crippen molar-refractivity contribution in [2.24, 2.45) is 5.92 Å². The highest BCUT2D eigenvalue weighted by atomic mass is 32.2. The van der Waals surface area contributed by atoms with E-state index in [0.29, 0.717) is 5.69 Å². The second-order valence-corrected chi connectivity index (χ2v) is 8.57. The molecule has 2 aromatic carbocycles. The first-order chi connectivity index (χ1) is 14.4. The maximum atomic E-state index is 12.3. The van der Waals surface area contributed by atoms with Gasteiger partial charge in [-0.25, -0.2) is 4.79 Å². The molecule has 1 saturated carbocycles. The van der Waals surface area contributed by atoms with Gasteiger partial charge < -0.3 is 15.7 Å². The van der Waals surface area contributed by atoms with Crippen LogP contribution in [0.3, 0.4) is 0 Å². The van der Waals surface area contributed by atoms with E-state index in [1.54, 1.807) is 6.07 Å². The van der Waals surface area contributed by atoms with Crippen LogP contribution >= 0.6 is 11.8 Å². The number of thioether (sulfide) groups is 1. The number of nitrogens with one attached hydrogen (secondary N) is 2. The molecule has 0 radical (unpaired) electrons. The van der Waals surface area contributed by atoms with Crippen LogP contribution < -0.4 is 10.6 Å². The Bertz CT molecular complexity index is 921. The van der Waals surface area contributed by atoms with Gasteiger partial charge in [0.15, 0.2) is 0 Å². The first kappa shape index (κ1) is 21.9. The second-order valence-electron chi connectivity index (χ2n) is 7.52. The van der Waals surface area contributed by atoms with Gasteiger partial charge in [-0.3, -0.25) is 9.59 Å². The van der Waals surface area contributed by atoms with Gasteiger partial charge in [0.25, 0.3) is 0 Å². The summed E-state index contributed by atoms with van der Waals surface area (Å²) in [5.74, 6) is -0.839. The van der Waals surface area contributed by atoms with Gasteiger partial charge in [0.05, 0.1) is 11.3 Å². The molecule has 158 valence electrons. The number of carboxylic acid groups (broad SMARTS) is 1. The third kappa shape index (κ3) is 6.10. The van der Waals surface area contributed by atoms with Crippen molar-refractivity contribution in [2.75, 3.05) is 16.4 Å². The van der Waals surface area contributed by atoms with E-state index in [-0.39, 0.29) is 29.0 Å². The first-order valence-electron chi connectivity index (χ1n) is 10.1. The molecule has 30 heavy (non-hydrogen) atoms. The molecular formula is C23H26N2O4S. The van der Waals surface area contributed by atoms with E-state index in [1.165, 1.54) is 30.3 Å². The zero-order valence-corrected chi connectivity index (χ0v) is 17.8. The number of hydrogen-bond donors (Lipinski definition) is 3. The SMILES string of the molecule is Cc1ccc(C(=O)O)cc1NC(=O)CSc1ccc(NC(=O)C2CCCCC2)cc1. The standard InChI is InChI=1S/C23H26N2O4S/c1-15-7-8-17(23(28)29)13-20(15)25-21(26)14-30-19-11-9-18(10-12-19)24-22(27)16-5-3-2-4-6-16/h7-13,16H,2-6,14H2,1H3,(H,24,27)(H,25,26)(H,28,29). The van der Waals surface area contributed by atoms with Crippen molar-refractivity contribution in [1.29, 1.82) is 0 Å². The van der Waals surface area contributed by atoms with Crippen molar-refractivity contribution in [1.82, 2.24) is 0 Å². The topological polar surface area (TPSA) is 95.5 Å².